The number of hydrogen-bond donors (Lipinski definition) is 1. The lowest BCUT2D eigenvalue weighted by Crippen LogP contribution is -2.49. The van der Waals surface area contributed by atoms with Crippen molar-refractivity contribution >= 4 is 17.7 Å². The first-order valence-corrected chi connectivity index (χ1v) is 6.57. The van der Waals surface area contributed by atoms with E-state index >= 15 is 0 Å². The number of amides is 1. The van der Waals surface area contributed by atoms with Gasteiger partial charge in [0.05, 0.1) is 6.42 Å². The van der Waals surface area contributed by atoms with Crippen molar-refractivity contribution in [3.05, 3.63) is 0 Å². The number of carbonyl (C=O) groups is 3. The number of carboxylic acids is 1. The number of nitrogens with zero attached hydrogens (tertiary/aromatic N) is 1. The Kier molecular flexibility index (Phi) is 6.60. The summed E-state index contributed by atoms with van der Waals surface area (Å²) in [4.78, 5) is 35.9. The summed E-state index contributed by atoms with van der Waals surface area (Å²) >= 11 is 0. The molecule has 2 atom stereocenters. The third-order valence-corrected chi connectivity index (χ3v) is 3.37. The molecule has 114 valence electrons. The lowest BCUT2D eigenvalue weighted by atomic mass is 10.0. The van der Waals surface area contributed by atoms with Gasteiger partial charge in [-0.2, -0.15) is 0 Å². The number of methoxy groups -OCH3 is 2. The Balaban J connectivity index is 2.70. The molecule has 1 saturated heterocycles. The van der Waals surface area contributed by atoms with Gasteiger partial charge in [0.25, 0.3) is 0 Å². The Hall–Kier alpha value is -1.47. The van der Waals surface area contributed by atoms with E-state index in [1.54, 1.807) is 4.90 Å². The molecule has 0 aromatic heterocycles. The van der Waals surface area contributed by atoms with Crippen LogP contribution in [0.4, 0.5) is 0 Å². The minimum absolute atomic E-state index is 0.0306. The van der Waals surface area contributed by atoms with Crippen LogP contribution in [-0.2, 0) is 23.9 Å². The average Bonchev–Trinajstić information content (AvgIpc) is 2.40. The molecule has 20 heavy (non-hydrogen) atoms. The minimum atomic E-state index is -1.00. The molecular formula is C13H21NO6. The normalized spacial score (nSPS) is 24.1. The zero-order valence-electron chi connectivity index (χ0n) is 11.8. The molecule has 7 heteroatoms. The molecule has 0 unspecified atom stereocenters. The largest absolute Gasteiger partial charge is 0.481 e. The van der Waals surface area contributed by atoms with Crippen molar-refractivity contribution in [2.75, 3.05) is 27.3 Å². The van der Waals surface area contributed by atoms with Crippen molar-refractivity contribution < 1.29 is 29.0 Å². The molecule has 1 N–H and O–H groups in total. The molecular weight excluding hydrogens is 266 g/mol. The van der Waals surface area contributed by atoms with Gasteiger partial charge in [0, 0.05) is 40.2 Å². The summed E-state index contributed by atoms with van der Waals surface area (Å²) in [7, 11) is 2.90. The summed E-state index contributed by atoms with van der Waals surface area (Å²) in [6.07, 6.45) is -0.580. The monoisotopic (exact) mass is 287 g/mol. The van der Waals surface area contributed by atoms with E-state index in [1.807, 2.05) is 0 Å². The van der Waals surface area contributed by atoms with Gasteiger partial charge >= 0.3 is 5.97 Å². The number of ether oxygens (including phenoxy) is 2. The fourth-order valence-electron chi connectivity index (χ4n) is 2.28. The molecule has 1 aliphatic heterocycles. The first-order valence-electron chi connectivity index (χ1n) is 6.57. The number of aliphatic carboxylic acids is 1. The third kappa shape index (κ3) is 4.57. The van der Waals surface area contributed by atoms with Crippen LogP contribution in [0, 0.1) is 0 Å². The maximum Gasteiger partial charge on any atom is 0.303 e. The third-order valence-electron chi connectivity index (χ3n) is 3.37. The second kappa shape index (κ2) is 7.96. The summed E-state index contributed by atoms with van der Waals surface area (Å²) in [5, 5.41) is 8.61. The molecule has 1 rings (SSSR count). The molecule has 0 aromatic rings. The zero-order chi connectivity index (χ0) is 15.1. The Morgan fingerprint density at radius 1 is 1.30 bits per heavy atom. The van der Waals surface area contributed by atoms with Gasteiger partial charge in [-0.25, -0.2) is 0 Å². The molecule has 1 aliphatic rings. The molecule has 7 nitrogen and oxygen atoms in total. The van der Waals surface area contributed by atoms with Crippen LogP contribution >= 0.6 is 0 Å². The van der Waals surface area contributed by atoms with E-state index in [-0.39, 0.29) is 31.1 Å². The second-order valence-corrected chi connectivity index (χ2v) is 4.73. The van der Waals surface area contributed by atoms with Crippen molar-refractivity contribution in [2.45, 2.75) is 37.9 Å². The number of ketones is 1. The topological polar surface area (TPSA) is 93.1 Å². The number of Topliss-reactive ketones (excluding diaryl/α,β-unsaturated/α-hetero) is 1. The number of likely N-dealkylation sites (tertiary alicyclic amines) is 1. The summed E-state index contributed by atoms with van der Waals surface area (Å²) < 4.78 is 10.4. The molecule has 0 aliphatic carbocycles. The van der Waals surface area contributed by atoms with Crippen LogP contribution in [0.15, 0.2) is 0 Å². The van der Waals surface area contributed by atoms with Crippen molar-refractivity contribution in [3.8, 4) is 0 Å². The lowest BCUT2D eigenvalue weighted by Gasteiger charge is -2.32. The minimum Gasteiger partial charge on any atom is -0.481 e. The van der Waals surface area contributed by atoms with Crippen molar-refractivity contribution in [1.82, 2.24) is 4.90 Å². The molecule has 0 bridgehead atoms. The van der Waals surface area contributed by atoms with E-state index in [2.05, 4.69) is 0 Å². The Bertz CT molecular complexity index is 370. The van der Waals surface area contributed by atoms with Crippen LogP contribution in [0.5, 0.6) is 0 Å². The maximum atomic E-state index is 12.0. The summed E-state index contributed by atoms with van der Waals surface area (Å²) in [5.74, 6) is -1.27. The quantitative estimate of drug-likeness (QED) is 0.769. The number of carboxylic acid groups (broad SMARTS) is 1. The highest BCUT2D eigenvalue weighted by atomic mass is 16.5. The van der Waals surface area contributed by atoms with Gasteiger partial charge in [-0.1, -0.05) is 0 Å². The standard InChI is InChI=1S/C13H21NO6/c1-19-10-8-14(11(16)5-6-12(17)18)7-3-4-9(15)13(10)20-2/h10,13H,3-8H2,1-2H3,(H,17,18)/t10-,13-/m0/s1. The van der Waals surface area contributed by atoms with Crippen LogP contribution < -0.4 is 0 Å². The first-order chi connectivity index (χ1) is 9.49. The van der Waals surface area contributed by atoms with Gasteiger partial charge in [-0.15, -0.1) is 0 Å². The zero-order valence-corrected chi connectivity index (χ0v) is 11.8. The number of carbonyl (C=O) groups excluding carboxylic acids is 2. The summed E-state index contributed by atoms with van der Waals surface area (Å²) in [5.41, 5.74) is 0. The van der Waals surface area contributed by atoms with E-state index in [0.717, 1.165) is 0 Å². The Morgan fingerprint density at radius 2 is 2.00 bits per heavy atom. The fraction of sp³-hybridized carbons (Fsp3) is 0.769. The van der Waals surface area contributed by atoms with Crippen molar-refractivity contribution in [1.29, 1.82) is 0 Å². The second-order valence-electron chi connectivity index (χ2n) is 4.73. The summed E-state index contributed by atoms with van der Waals surface area (Å²) in [6, 6.07) is 0. The highest BCUT2D eigenvalue weighted by Gasteiger charge is 2.33. The highest BCUT2D eigenvalue weighted by Crippen LogP contribution is 2.15. The Morgan fingerprint density at radius 3 is 2.55 bits per heavy atom. The van der Waals surface area contributed by atoms with Crippen LogP contribution in [-0.4, -0.2) is 67.2 Å². The van der Waals surface area contributed by atoms with Crippen LogP contribution in [0.25, 0.3) is 0 Å². The smallest absolute Gasteiger partial charge is 0.303 e. The molecule has 1 amide bonds. The molecule has 0 spiro atoms. The van der Waals surface area contributed by atoms with E-state index < -0.39 is 18.2 Å². The highest BCUT2D eigenvalue weighted by molar-refractivity contribution is 5.85. The average molecular weight is 287 g/mol. The SMILES string of the molecule is CO[C@H]1CN(C(=O)CCC(=O)O)CCCC(=O)[C@@H]1OC. The van der Waals surface area contributed by atoms with E-state index in [4.69, 9.17) is 14.6 Å². The lowest BCUT2D eigenvalue weighted by molar-refractivity contribution is -0.147. The van der Waals surface area contributed by atoms with E-state index in [9.17, 15) is 14.4 Å². The number of rotatable bonds is 5. The van der Waals surface area contributed by atoms with Gasteiger partial charge in [0.1, 0.15) is 12.2 Å². The molecule has 1 heterocycles. The van der Waals surface area contributed by atoms with Crippen molar-refractivity contribution in [2.24, 2.45) is 0 Å². The molecule has 0 aromatic carbocycles. The predicted molar refractivity (Wildman–Crippen MR) is 69.3 cm³/mol. The predicted octanol–water partition coefficient (Wildman–Crippen LogP) is 0.0727. The molecule has 1 fully saturated rings. The number of hydrogen-bond acceptors (Lipinski definition) is 5. The van der Waals surface area contributed by atoms with Gasteiger partial charge in [0.2, 0.25) is 5.91 Å². The Labute approximate surface area is 117 Å². The molecule has 0 saturated carbocycles. The van der Waals surface area contributed by atoms with Gasteiger partial charge in [-0.05, 0) is 6.42 Å². The van der Waals surface area contributed by atoms with E-state index in [0.29, 0.717) is 19.4 Å². The fourth-order valence-corrected chi connectivity index (χ4v) is 2.28. The van der Waals surface area contributed by atoms with Crippen LogP contribution in [0.2, 0.25) is 0 Å². The van der Waals surface area contributed by atoms with E-state index in [1.165, 1.54) is 14.2 Å². The van der Waals surface area contributed by atoms with Crippen LogP contribution in [0.3, 0.4) is 0 Å². The molecule has 0 radical (unpaired) electrons. The van der Waals surface area contributed by atoms with Crippen molar-refractivity contribution in [3.63, 3.8) is 0 Å². The van der Waals surface area contributed by atoms with Crippen LogP contribution in [0.1, 0.15) is 25.7 Å². The van der Waals surface area contributed by atoms with Gasteiger partial charge in [-0.3, -0.25) is 14.4 Å². The van der Waals surface area contributed by atoms with Gasteiger partial charge in [0.15, 0.2) is 5.78 Å². The first kappa shape index (κ1) is 16.6. The summed E-state index contributed by atoms with van der Waals surface area (Å²) in [6.45, 7) is 0.666. The maximum absolute atomic E-state index is 12.0. The van der Waals surface area contributed by atoms with Gasteiger partial charge < -0.3 is 19.5 Å².